The summed E-state index contributed by atoms with van der Waals surface area (Å²) in [7, 11) is 1.63. The van der Waals surface area contributed by atoms with Crippen LogP contribution < -0.4 is 15.5 Å². The summed E-state index contributed by atoms with van der Waals surface area (Å²) in [6.07, 6.45) is 5.90. The van der Waals surface area contributed by atoms with Gasteiger partial charge >= 0.3 is 6.03 Å². The van der Waals surface area contributed by atoms with Crippen LogP contribution in [0.1, 0.15) is 13.3 Å². The number of carbonyl (C=O) groups excluding carboxylic acids is 1. The summed E-state index contributed by atoms with van der Waals surface area (Å²) in [5.74, 6) is 1.41. The molecule has 0 aliphatic heterocycles. The van der Waals surface area contributed by atoms with Crippen molar-refractivity contribution in [1.29, 1.82) is 0 Å². The molecular formula is C18H20N4O4. The Morgan fingerprint density at radius 2 is 2.23 bits per heavy atom. The van der Waals surface area contributed by atoms with Gasteiger partial charge in [0.15, 0.2) is 0 Å². The molecule has 1 aromatic carbocycles. The van der Waals surface area contributed by atoms with E-state index in [1.165, 1.54) is 11.8 Å². The zero-order valence-electron chi connectivity index (χ0n) is 14.5. The van der Waals surface area contributed by atoms with Crippen LogP contribution in [0.5, 0.6) is 5.75 Å². The molecule has 0 fully saturated rings. The second-order valence-corrected chi connectivity index (χ2v) is 5.26. The summed E-state index contributed by atoms with van der Waals surface area (Å²) in [5, 5.41) is 10.9. The monoisotopic (exact) mass is 356 g/mol. The van der Waals surface area contributed by atoms with Crippen molar-refractivity contribution in [3.63, 3.8) is 0 Å². The summed E-state index contributed by atoms with van der Waals surface area (Å²) in [5.41, 5.74) is 3.76. The molecule has 1 aliphatic rings. The number of aliphatic imine (C=N–C) groups is 2. The molecule has 1 aliphatic carbocycles. The van der Waals surface area contributed by atoms with E-state index in [2.05, 4.69) is 21.9 Å². The number of allylic oxidation sites excluding steroid dienone is 3. The Hall–Kier alpha value is -3.39. The predicted octanol–water partition coefficient (Wildman–Crippen LogP) is 3.40. The fraction of sp³-hybridized carbons (Fsp3) is 0.167. The Balaban J connectivity index is 1.94. The van der Waals surface area contributed by atoms with Crippen molar-refractivity contribution in [1.82, 2.24) is 5.48 Å². The van der Waals surface area contributed by atoms with Crippen LogP contribution in [0.2, 0.25) is 0 Å². The van der Waals surface area contributed by atoms with Gasteiger partial charge in [-0.3, -0.25) is 5.21 Å². The molecule has 0 saturated carbocycles. The largest absolute Gasteiger partial charge is 0.497 e. The van der Waals surface area contributed by atoms with Crippen LogP contribution in [0.4, 0.5) is 10.5 Å². The highest BCUT2D eigenvalue weighted by atomic mass is 16.5. The van der Waals surface area contributed by atoms with Crippen molar-refractivity contribution in [2.75, 3.05) is 12.4 Å². The van der Waals surface area contributed by atoms with Crippen LogP contribution in [0.25, 0.3) is 0 Å². The summed E-state index contributed by atoms with van der Waals surface area (Å²) in [4.78, 5) is 19.4. The summed E-state index contributed by atoms with van der Waals surface area (Å²) >= 11 is 0. The van der Waals surface area contributed by atoms with Crippen LogP contribution in [-0.4, -0.2) is 30.4 Å². The summed E-state index contributed by atoms with van der Waals surface area (Å²) in [6.45, 7) is 5.65. The molecule has 0 spiro atoms. The van der Waals surface area contributed by atoms with Crippen molar-refractivity contribution >= 4 is 23.8 Å². The lowest BCUT2D eigenvalue weighted by Gasteiger charge is -2.11. The zero-order valence-corrected chi connectivity index (χ0v) is 14.5. The number of ether oxygens (including phenoxy) is 2. The Kier molecular flexibility index (Phi) is 6.69. The maximum atomic E-state index is 11.1. The SMILES string of the molecule is C=C(/N=C\N=C1\C=C(C)C(OC)=CC1)Oc1cccc(NC(=O)NO)c1. The highest BCUT2D eigenvalue weighted by Crippen LogP contribution is 2.19. The molecule has 0 unspecified atom stereocenters. The van der Waals surface area contributed by atoms with Crippen molar-refractivity contribution in [2.24, 2.45) is 9.98 Å². The first kappa shape index (κ1) is 18.9. The van der Waals surface area contributed by atoms with E-state index in [1.807, 2.05) is 19.1 Å². The predicted molar refractivity (Wildman–Crippen MR) is 99.5 cm³/mol. The smallest absolute Gasteiger partial charge is 0.342 e. The van der Waals surface area contributed by atoms with E-state index in [4.69, 9.17) is 14.7 Å². The van der Waals surface area contributed by atoms with Crippen LogP contribution in [-0.2, 0) is 4.74 Å². The highest BCUT2D eigenvalue weighted by molar-refractivity contribution is 6.02. The molecule has 136 valence electrons. The number of benzene rings is 1. The fourth-order valence-electron chi connectivity index (χ4n) is 2.20. The molecule has 8 heteroatoms. The summed E-state index contributed by atoms with van der Waals surface area (Å²) < 4.78 is 10.7. The number of carbonyl (C=O) groups is 1. The molecule has 26 heavy (non-hydrogen) atoms. The first-order chi connectivity index (χ1) is 12.5. The molecule has 0 atom stereocenters. The van der Waals surface area contributed by atoms with Gasteiger partial charge in [-0.25, -0.2) is 20.3 Å². The molecule has 0 bridgehead atoms. The number of hydrogen-bond donors (Lipinski definition) is 3. The maximum Gasteiger partial charge on any atom is 0.342 e. The van der Waals surface area contributed by atoms with E-state index >= 15 is 0 Å². The molecular weight excluding hydrogens is 336 g/mol. The van der Waals surface area contributed by atoms with Gasteiger partial charge in [-0.05, 0) is 43.4 Å². The minimum absolute atomic E-state index is 0.141. The maximum absolute atomic E-state index is 11.1. The average molecular weight is 356 g/mol. The van der Waals surface area contributed by atoms with Gasteiger partial charge in [-0.15, -0.1) is 0 Å². The molecule has 3 N–H and O–H groups in total. The van der Waals surface area contributed by atoms with Gasteiger partial charge in [0, 0.05) is 23.9 Å². The molecule has 0 aromatic heterocycles. The number of amides is 2. The molecule has 1 aromatic rings. The first-order valence-corrected chi connectivity index (χ1v) is 7.71. The number of nitrogens with one attached hydrogen (secondary N) is 2. The van der Waals surface area contributed by atoms with Crippen molar-refractivity contribution in [3.05, 3.63) is 60.2 Å². The second kappa shape index (κ2) is 9.19. The van der Waals surface area contributed by atoms with Crippen LogP contribution in [0.15, 0.2) is 70.2 Å². The third kappa shape index (κ3) is 5.60. The van der Waals surface area contributed by atoms with E-state index in [9.17, 15) is 4.79 Å². The van der Waals surface area contributed by atoms with Gasteiger partial charge in [-0.1, -0.05) is 6.07 Å². The van der Waals surface area contributed by atoms with Crippen molar-refractivity contribution < 1.29 is 19.5 Å². The van der Waals surface area contributed by atoms with Gasteiger partial charge in [0.1, 0.15) is 17.8 Å². The standard InChI is InChI=1S/C18H20N4O4/c1-12-9-14(7-8-17(12)25-3)20-11-19-13(2)26-16-6-4-5-15(10-16)21-18(23)22-24/h4-6,8-11,24H,2,7H2,1,3H3,(H2,21,22,23)/b19-11-,20-14+. The normalized spacial score (nSPS) is 15.3. The van der Waals surface area contributed by atoms with Crippen LogP contribution in [0.3, 0.4) is 0 Å². The summed E-state index contributed by atoms with van der Waals surface area (Å²) in [6, 6.07) is 5.80. The van der Waals surface area contributed by atoms with E-state index in [-0.39, 0.29) is 5.88 Å². The Morgan fingerprint density at radius 1 is 1.42 bits per heavy atom. The molecule has 2 rings (SSSR count). The van der Waals surface area contributed by atoms with Crippen molar-refractivity contribution in [2.45, 2.75) is 13.3 Å². The first-order valence-electron chi connectivity index (χ1n) is 7.71. The number of hydrogen-bond acceptors (Lipinski definition) is 5. The number of nitrogens with zero attached hydrogens (tertiary/aromatic N) is 2. The number of methoxy groups -OCH3 is 1. The Bertz CT molecular complexity index is 809. The third-order valence-electron chi connectivity index (χ3n) is 3.34. The fourth-order valence-corrected chi connectivity index (χ4v) is 2.20. The number of rotatable bonds is 6. The quantitative estimate of drug-likeness (QED) is 0.239. The van der Waals surface area contributed by atoms with Gasteiger partial charge in [0.05, 0.1) is 7.11 Å². The number of anilines is 1. The topological polar surface area (TPSA) is 105 Å². The Labute approximate surface area is 151 Å². The lowest BCUT2D eigenvalue weighted by Crippen LogP contribution is -2.24. The van der Waals surface area contributed by atoms with E-state index in [0.717, 1.165) is 17.0 Å². The molecule has 0 heterocycles. The zero-order chi connectivity index (χ0) is 18.9. The average Bonchev–Trinajstić information content (AvgIpc) is 2.62. The van der Waals surface area contributed by atoms with E-state index < -0.39 is 6.03 Å². The van der Waals surface area contributed by atoms with E-state index in [0.29, 0.717) is 17.9 Å². The molecule has 2 amide bonds. The van der Waals surface area contributed by atoms with Crippen LogP contribution in [0, 0.1) is 0 Å². The minimum atomic E-state index is -0.753. The Morgan fingerprint density at radius 3 is 2.92 bits per heavy atom. The van der Waals surface area contributed by atoms with Gasteiger partial charge in [-0.2, -0.15) is 0 Å². The van der Waals surface area contributed by atoms with Gasteiger partial charge in [0.2, 0.25) is 5.88 Å². The molecule has 8 nitrogen and oxygen atoms in total. The third-order valence-corrected chi connectivity index (χ3v) is 3.34. The molecule has 0 radical (unpaired) electrons. The minimum Gasteiger partial charge on any atom is -0.497 e. The van der Waals surface area contributed by atoms with Gasteiger partial charge in [0.25, 0.3) is 0 Å². The number of hydroxylamine groups is 1. The van der Waals surface area contributed by atoms with E-state index in [1.54, 1.807) is 31.4 Å². The second-order valence-electron chi connectivity index (χ2n) is 5.26. The van der Waals surface area contributed by atoms with Gasteiger partial charge < -0.3 is 14.8 Å². The van der Waals surface area contributed by atoms with Crippen molar-refractivity contribution in [3.8, 4) is 5.75 Å². The number of urea groups is 1. The highest BCUT2D eigenvalue weighted by Gasteiger charge is 2.07. The lowest BCUT2D eigenvalue weighted by molar-refractivity contribution is 0.172. The molecule has 0 saturated heterocycles. The lowest BCUT2D eigenvalue weighted by atomic mass is 10.1. The van der Waals surface area contributed by atoms with Crippen LogP contribution >= 0.6 is 0 Å².